The Hall–Kier alpha value is -0.980. The SMILES string of the molecule is CCCC(C)C(C)(CCC)c1ccccc1O. The quantitative estimate of drug-likeness (QED) is 0.743. The predicted octanol–water partition coefficient (Wildman–Crippen LogP) is 4.89. The zero-order valence-electron chi connectivity index (χ0n) is 11.7. The highest BCUT2D eigenvalue weighted by molar-refractivity contribution is 5.38. The Morgan fingerprint density at radius 3 is 2.35 bits per heavy atom. The van der Waals surface area contributed by atoms with Crippen LogP contribution in [-0.4, -0.2) is 5.11 Å². The molecule has 1 nitrogen and oxygen atoms in total. The van der Waals surface area contributed by atoms with E-state index in [1.54, 1.807) is 0 Å². The van der Waals surface area contributed by atoms with E-state index in [1.165, 1.54) is 12.8 Å². The molecule has 96 valence electrons. The molecule has 0 saturated carbocycles. The van der Waals surface area contributed by atoms with Gasteiger partial charge in [-0.2, -0.15) is 0 Å². The molecule has 0 aromatic heterocycles. The van der Waals surface area contributed by atoms with Crippen molar-refractivity contribution in [2.75, 3.05) is 0 Å². The maximum absolute atomic E-state index is 10.1. The summed E-state index contributed by atoms with van der Waals surface area (Å²) in [6.07, 6.45) is 4.70. The van der Waals surface area contributed by atoms with Crippen LogP contribution in [0.5, 0.6) is 5.75 Å². The number of benzene rings is 1. The molecule has 0 bridgehead atoms. The number of para-hydroxylation sites is 1. The van der Waals surface area contributed by atoms with Crippen molar-refractivity contribution < 1.29 is 5.11 Å². The van der Waals surface area contributed by atoms with Gasteiger partial charge in [0.15, 0.2) is 0 Å². The van der Waals surface area contributed by atoms with Gasteiger partial charge in [-0.1, -0.05) is 65.2 Å². The van der Waals surface area contributed by atoms with Crippen molar-refractivity contribution in [3.05, 3.63) is 29.8 Å². The smallest absolute Gasteiger partial charge is 0.119 e. The maximum atomic E-state index is 10.1. The Bertz CT molecular complexity index is 345. The van der Waals surface area contributed by atoms with Gasteiger partial charge in [0.25, 0.3) is 0 Å². The molecule has 1 aromatic carbocycles. The number of aromatic hydroxyl groups is 1. The third-order valence-electron chi connectivity index (χ3n) is 4.10. The molecule has 0 saturated heterocycles. The zero-order chi connectivity index (χ0) is 12.9. The van der Waals surface area contributed by atoms with Crippen LogP contribution in [0.2, 0.25) is 0 Å². The molecule has 0 fully saturated rings. The van der Waals surface area contributed by atoms with Crippen LogP contribution in [0.15, 0.2) is 24.3 Å². The van der Waals surface area contributed by atoms with E-state index in [9.17, 15) is 5.11 Å². The van der Waals surface area contributed by atoms with Crippen molar-refractivity contribution >= 4 is 0 Å². The van der Waals surface area contributed by atoms with Gasteiger partial charge in [0.05, 0.1) is 0 Å². The van der Waals surface area contributed by atoms with Crippen molar-refractivity contribution in [3.8, 4) is 5.75 Å². The Morgan fingerprint density at radius 1 is 1.18 bits per heavy atom. The molecular formula is C16H26O. The molecule has 2 atom stereocenters. The molecule has 1 aromatic rings. The minimum atomic E-state index is 0.0934. The van der Waals surface area contributed by atoms with Gasteiger partial charge < -0.3 is 5.11 Å². The fourth-order valence-electron chi connectivity index (χ4n) is 2.87. The minimum Gasteiger partial charge on any atom is -0.508 e. The highest BCUT2D eigenvalue weighted by Gasteiger charge is 2.33. The number of phenols is 1. The zero-order valence-corrected chi connectivity index (χ0v) is 11.7. The van der Waals surface area contributed by atoms with Crippen molar-refractivity contribution in [2.45, 2.75) is 58.8 Å². The average molecular weight is 234 g/mol. The summed E-state index contributed by atoms with van der Waals surface area (Å²) in [6.45, 7) is 9.06. The van der Waals surface area contributed by atoms with Crippen LogP contribution in [0.3, 0.4) is 0 Å². The second kappa shape index (κ2) is 6.09. The fourth-order valence-corrected chi connectivity index (χ4v) is 2.87. The topological polar surface area (TPSA) is 20.2 Å². The van der Waals surface area contributed by atoms with Crippen LogP contribution < -0.4 is 0 Å². The molecule has 0 heterocycles. The van der Waals surface area contributed by atoms with E-state index in [-0.39, 0.29) is 5.41 Å². The largest absolute Gasteiger partial charge is 0.508 e. The molecular weight excluding hydrogens is 208 g/mol. The van der Waals surface area contributed by atoms with Gasteiger partial charge in [-0.25, -0.2) is 0 Å². The molecule has 0 aliphatic heterocycles. The molecule has 1 heteroatoms. The molecule has 0 amide bonds. The van der Waals surface area contributed by atoms with E-state index >= 15 is 0 Å². The van der Waals surface area contributed by atoms with Gasteiger partial charge in [0.2, 0.25) is 0 Å². The number of hydrogen-bond acceptors (Lipinski definition) is 1. The average Bonchev–Trinajstić information content (AvgIpc) is 2.30. The van der Waals surface area contributed by atoms with Gasteiger partial charge in [-0.3, -0.25) is 0 Å². The number of hydrogen-bond donors (Lipinski definition) is 1. The lowest BCUT2D eigenvalue weighted by molar-refractivity contribution is 0.264. The third-order valence-corrected chi connectivity index (χ3v) is 4.10. The lowest BCUT2D eigenvalue weighted by Crippen LogP contribution is -2.30. The van der Waals surface area contributed by atoms with Gasteiger partial charge >= 0.3 is 0 Å². The summed E-state index contributed by atoms with van der Waals surface area (Å²) < 4.78 is 0. The van der Waals surface area contributed by atoms with Gasteiger partial charge in [-0.15, -0.1) is 0 Å². The van der Waals surface area contributed by atoms with E-state index in [0.29, 0.717) is 11.7 Å². The number of phenolic OH excluding ortho intramolecular Hbond substituents is 1. The first-order valence-electron chi connectivity index (χ1n) is 6.84. The Morgan fingerprint density at radius 2 is 1.82 bits per heavy atom. The third kappa shape index (κ3) is 3.02. The maximum Gasteiger partial charge on any atom is 0.119 e. The first-order chi connectivity index (χ1) is 8.06. The minimum absolute atomic E-state index is 0.0934. The van der Waals surface area contributed by atoms with E-state index in [0.717, 1.165) is 18.4 Å². The molecule has 0 aliphatic carbocycles. The van der Waals surface area contributed by atoms with Crippen LogP contribution in [-0.2, 0) is 5.41 Å². The summed E-state index contributed by atoms with van der Waals surface area (Å²) >= 11 is 0. The molecule has 17 heavy (non-hydrogen) atoms. The van der Waals surface area contributed by atoms with E-state index in [2.05, 4.69) is 33.8 Å². The first kappa shape index (κ1) is 14.1. The van der Waals surface area contributed by atoms with Crippen molar-refractivity contribution in [1.29, 1.82) is 0 Å². The predicted molar refractivity (Wildman–Crippen MR) is 74.4 cm³/mol. The summed E-state index contributed by atoms with van der Waals surface area (Å²) in [7, 11) is 0. The van der Waals surface area contributed by atoms with Crippen LogP contribution in [0, 0.1) is 5.92 Å². The lowest BCUT2D eigenvalue weighted by atomic mass is 9.68. The molecule has 2 unspecified atom stereocenters. The Kier molecular flexibility index (Phi) is 5.04. The number of rotatable bonds is 6. The van der Waals surface area contributed by atoms with Crippen LogP contribution in [0.1, 0.15) is 58.9 Å². The van der Waals surface area contributed by atoms with E-state index in [1.807, 2.05) is 18.2 Å². The van der Waals surface area contributed by atoms with Crippen LogP contribution >= 0.6 is 0 Å². The summed E-state index contributed by atoms with van der Waals surface area (Å²) in [6, 6.07) is 7.82. The van der Waals surface area contributed by atoms with Gasteiger partial charge in [0, 0.05) is 5.56 Å². The molecule has 0 spiro atoms. The van der Waals surface area contributed by atoms with Crippen LogP contribution in [0.25, 0.3) is 0 Å². The van der Waals surface area contributed by atoms with Crippen molar-refractivity contribution in [1.82, 2.24) is 0 Å². The van der Waals surface area contributed by atoms with Gasteiger partial charge in [-0.05, 0) is 23.8 Å². The normalized spacial score (nSPS) is 16.5. The summed E-state index contributed by atoms with van der Waals surface area (Å²) in [4.78, 5) is 0. The molecule has 0 radical (unpaired) electrons. The van der Waals surface area contributed by atoms with Crippen LogP contribution in [0.4, 0.5) is 0 Å². The second-order valence-electron chi connectivity index (χ2n) is 5.37. The monoisotopic (exact) mass is 234 g/mol. The summed E-state index contributed by atoms with van der Waals surface area (Å²) in [5.74, 6) is 1.05. The van der Waals surface area contributed by atoms with E-state index in [4.69, 9.17) is 0 Å². The molecule has 0 aliphatic rings. The fraction of sp³-hybridized carbons (Fsp3) is 0.625. The molecule has 1 N–H and O–H groups in total. The lowest BCUT2D eigenvalue weighted by Gasteiger charge is -2.37. The van der Waals surface area contributed by atoms with Crippen molar-refractivity contribution in [3.63, 3.8) is 0 Å². The summed E-state index contributed by atoms with van der Waals surface area (Å²) in [5.41, 5.74) is 1.21. The Balaban J connectivity index is 3.11. The first-order valence-corrected chi connectivity index (χ1v) is 6.84. The standard InChI is InChI=1S/C16H26O/c1-5-9-13(3)16(4,12-6-2)14-10-7-8-11-15(14)17/h7-8,10-11,13,17H,5-6,9,12H2,1-4H3. The van der Waals surface area contributed by atoms with Gasteiger partial charge in [0.1, 0.15) is 5.75 Å². The molecule has 1 rings (SSSR count). The second-order valence-corrected chi connectivity index (χ2v) is 5.37. The highest BCUT2D eigenvalue weighted by Crippen LogP contribution is 2.42. The Labute approximate surface area is 106 Å². The highest BCUT2D eigenvalue weighted by atomic mass is 16.3. The summed E-state index contributed by atoms with van der Waals surface area (Å²) in [5, 5.41) is 10.1. The van der Waals surface area contributed by atoms with Crippen molar-refractivity contribution in [2.24, 2.45) is 5.92 Å². The van der Waals surface area contributed by atoms with E-state index < -0.39 is 0 Å².